The summed E-state index contributed by atoms with van der Waals surface area (Å²) >= 11 is 14.9. The molecule has 0 fully saturated rings. The Bertz CT molecular complexity index is 578. The maximum Gasteiger partial charge on any atom is 0.107 e. The van der Waals surface area contributed by atoms with E-state index < -0.39 is 0 Å². The van der Waals surface area contributed by atoms with E-state index in [4.69, 9.17) is 11.6 Å². The first kappa shape index (κ1) is 16.5. The summed E-state index contributed by atoms with van der Waals surface area (Å²) < 4.78 is 2.91. The first-order chi connectivity index (χ1) is 9.54. The highest BCUT2D eigenvalue weighted by atomic mass is 79.9. The highest BCUT2D eigenvalue weighted by Crippen LogP contribution is 2.38. The molecule has 0 aliphatic rings. The van der Waals surface area contributed by atoms with E-state index in [0.29, 0.717) is 0 Å². The van der Waals surface area contributed by atoms with Gasteiger partial charge < -0.3 is 5.32 Å². The molecular formula is C15H16Br2ClNS. The molecule has 20 heavy (non-hydrogen) atoms. The van der Waals surface area contributed by atoms with Gasteiger partial charge in [0.05, 0.1) is 6.04 Å². The van der Waals surface area contributed by atoms with Crippen molar-refractivity contribution in [2.75, 3.05) is 6.54 Å². The van der Waals surface area contributed by atoms with Crippen molar-refractivity contribution < 1.29 is 0 Å². The SMILES string of the molecule is CCCNC(c1cc(Br)c(Cl)s1)c1cccc(Br)c1C. The molecule has 0 aliphatic carbocycles. The van der Waals surface area contributed by atoms with Gasteiger partial charge >= 0.3 is 0 Å². The highest BCUT2D eigenvalue weighted by Gasteiger charge is 2.19. The number of thiophene rings is 1. The van der Waals surface area contributed by atoms with E-state index in [0.717, 1.165) is 26.2 Å². The molecule has 0 radical (unpaired) electrons. The number of benzene rings is 1. The summed E-state index contributed by atoms with van der Waals surface area (Å²) in [6.45, 7) is 5.29. The average molecular weight is 438 g/mol. The van der Waals surface area contributed by atoms with Crippen molar-refractivity contribution >= 4 is 54.8 Å². The Kier molecular flexibility index (Phi) is 6.11. The predicted molar refractivity (Wildman–Crippen MR) is 96.0 cm³/mol. The Morgan fingerprint density at radius 2 is 2.05 bits per heavy atom. The lowest BCUT2D eigenvalue weighted by Crippen LogP contribution is -2.23. The molecule has 2 aromatic rings. The van der Waals surface area contributed by atoms with Gasteiger partial charge in [-0.3, -0.25) is 0 Å². The fourth-order valence-corrected chi connectivity index (χ4v) is 4.31. The monoisotopic (exact) mass is 435 g/mol. The third kappa shape index (κ3) is 3.66. The van der Waals surface area contributed by atoms with Gasteiger partial charge in [0.2, 0.25) is 0 Å². The van der Waals surface area contributed by atoms with Gasteiger partial charge in [0.1, 0.15) is 4.34 Å². The molecule has 1 aromatic heterocycles. The van der Waals surface area contributed by atoms with Crippen LogP contribution in [0.25, 0.3) is 0 Å². The number of nitrogens with one attached hydrogen (secondary N) is 1. The number of halogens is 3. The number of rotatable bonds is 5. The van der Waals surface area contributed by atoms with E-state index in [1.807, 2.05) is 0 Å². The maximum absolute atomic E-state index is 6.20. The quantitative estimate of drug-likeness (QED) is 0.577. The minimum absolute atomic E-state index is 0.182. The Morgan fingerprint density at radius 3 is 2.65 bits per heavy atom. The molecule has 1 heterocycles. The molecule has 1 aromatic carbocycles. The molecule has 0 bridgehead atoms. The summed E-state index contributed by atoms with van der Waals surface area (Å²) in [5.41, 5.74) is 2.56. The first-order valence-electron chi connectivity index (χ1n) is 6.47. The van der Waals surface area contributed by atoms with Crippen molar-refractivity contribution in [1.29, 1.82) is 0 Å². The summed E-state index contributed by atoms with van der Waals surface area (Å²) in [7, 11) is 0. The van der Waals surface area contributed by atoms with Crippen LogP contribution in [0.3, 0.4) is 0 Å². The van der Waals surface area contributed by atoms with Gasteiger partial charge in [-0.2, -0.15) is 0 Å². The molecule has 0 amide bonds. The van der Waals surface area contributed by atoms with Gasteiger partial charge in [0, 0.05) is 13.8 Å². The Labute approximate surface area is 146 Å². The zero-order chi connectivity index (χ0) is 14.7. The van der Waals surface area contributed by atoms with Crippen LogP contribution in [0.4, 0.5) is 0 Å². The fraction of sp³-hybridized carbons (Fsp3) is 0.333. The van der Waals surface area contributed by atoms with E-state index in [-0.39, 0.29) is 6.04 Å². The highest BCUT2D eigenvalue weighted by molar-refractivity contribution is 9.10. The molecule has 0 aliphatic heterocycles. The molecule has 0 saturated carbocycles. The van der Waals surface area contributed by atoms with Crippen LogP contribution in [0.15, 0.2) is 33.2 Å². The van der Waals surface area contributed by atoms with Crippen LogP contribution < -0.4 is 5.32 Å². The normalized spacial score (nSPS) is 12.7. The molecule has 1 nitrogen and oxygen atoms in total. The topological polar surface area (TPSA) is 12.0 Å². The Balaban J connectivity index is 2.44. The zero-order valence-corrected chi connectivity index (χ0v) is 16.1. The van der Waals surface area contributed by atoms with Crippen LogP contribution in [-0.4, -0.2) is 6.54 Å². The van der Waals surface area contributed by atoms with E-state index in [1.54, 1.807) is 11.3 Å². The Morgan fingerprint density at radius 1 is 1.30 bits per heavy atom. The van der Waals surface area contributed by atoms with Gasteiger partial charge in [-0.05, 0) is 59.1 Å². The third-order valence-electron chi connectivity index (χ3n) is 3.17. The lowest BCUT2D eigenvalue weighted by molar-refractivity contribution is 0.603. The second-order valence-electron chi connectivity index (χ2n) is 4.61. The minimum atomic E-state index is 0.182. The van der Waals surface area contributed by atoms with Crippen LogP contribution in [-0.2, 0) is 0 Å². The molecule has 2 rings (SSSR count). The van der Waals surface area contributed by atoms with Gasteiger partial charge in [-0.1, -0.05) is 46.6 Å². The summed E-state index contributed by atoms with van der Waals surface area (Å²) in [6.07, 6.45) is 1.10. The van der Waals surface area contributed by atoms with Crippen LogP contribution >= 0.6 is 54.8 Å². The smallest absolute Gasteiger partial charge is 0.107 e. The van der Waals surface area contributed by atoms with Crippen LogP contribution in [0, 0.1) is 6.92 Å². The second kappa shape index (κ2) is 7.41. The van der Waals surface area contributed by atoms with Crippen molar-refractivity contribution in [2.45, 2.75) is 26.3 Å². The van der Waals surface area contributed by atoms with Crippen LogP contribution in [0.5, 0.6) is 0 Å². The van der Waals surface area contributed by atoms with E-state index in [1.165, 1.54) is 16.0 Å². The lowest BCUT2D eigenvalue weighted by Gasteiger charge is -2.20. The van der Waals surface area contributed by atoms with Gasteiger partial charge in [-0.15, -0.1) is 11.3 Å². The molecule has 5 heteroatoms. The second-order valence-corrected chi connectivity index (χ2v) is 8.01. The van der Waals surface area contributed by atoms with E-state index >= 15 is 0 Å². The van der Waals surface area contributed by atoms with Crippen LogP contribution in [0.2, 0.25) is 4.34 Å². The summed E-state index contributed by atoms with van der Waals surface area (Å²) in [5, 5.41) is 3.62. The predicted octanol–water partition coefficient (Wildman–Crippen LogP) is 6.32. The summed E-state index contributed by atoms with van der Waals surface area (Å²) in [6, 6.07) is 8.63. The summed E-state index contributed by atoms with van der Waals surface area (Å²) in [4.78, 5) is 1.23. The Hall–Kier alpha value is 0.130. The maximum atomic E-state index is 6.20. The molecule has 108 valence electrons. The van der Waals surface area contributed by atoms with Gasteiger partial charge in [-0.25, -0.2) is 0 Å². The molecule has 1 unspecified atom stereocenters. The molecular weight excluding hydrogens is 422 g/mol. The fourth-order valence-electron chi connectivity index (χ4n) is 2.09. The van der Waals surface area contributed by atoms with Crippen molar-refractivity contribution in [3.8, 4) is 0 Å². The third-order valence-corrected chi connectivity index (χ3v) is 6.57. The van der Waals surface area contributed by atoms with Gasteiger partial charge in [0.15, 0.2) is 0 Å². The molecule has 1 atom stereocenters. The zero-order valence-electron chi connectivity index (χ0n) is 11.3. The average Bonchev–Trinajstić information content (AvgIpc) is 2.74. The minimum Gasteiger partial charge on any atom is -0.306 e. The van der Waals surface area contributed by atoms with Gasteiger partial charge in [0.25, 0.3) is 0 Å². The summed E-state index contributed by atoms with van der Waals surface area (Å²) in [5.74, 6) is 0. The van der Waals surface area contributed by atoms with E-state index in [2.05, 4.69) is 75.3 Å². The van der Waals surface area contributed by atoms with Crippen molar-refractivity contribution in [1.82, 2.24) is 5.32 Å². The number of hydrogen-bond acceptors (Lipinski definition) is 2. The van der Waals surface area contributed by atoms with Crippen LogP contribution in [0.1, 0.15) is 35.4 Å². The van der Waals surface area contributed by atoms with Crippen molar-refractivity contribution in [3.05, 3.63) is 53.6 Å². The largest absolute Gasteiger partial charge is 0.306 e. The van der Waals surface area contributed by atoms with Crippen molar-refractivity contribution in [3.63, 3.8) is 0 Å². The van der Waals surface area contributed by atoms with E-state index in [9.17, 15) is 0 Å². The standard InChI is InChI=1S/C15H16Br2ClNS/c1-3-7-19-14(13-8-12(17)15(18)20-13)10-5-4-6-11(16)9(10)2/h4-6,8,14,19H,3,7H2,1-2H3. The lowest BCUT2D eigenvalue weighted by atomic mass is 10.00. The molecule has 0 saturated heterocycles. The molecule has 1 N–H and O–H groups in total. The molecule has 0 spiro atoms. The first-order valence-corrected chi connectivity index (χ1v) is 9.25. The number of hydrogen-bond donors (Lipinski definition) is 1. The van der Waals surface area contributed by atoms with Crippen molar-refractivity contribution in [2.24, 2.45) is 0 Å².